The van der Waals surface area contributed by atoms with Crippen molar-refractivity contribution in [2.75, 3.05) is 48.9 Å². The van der Waals surface area contributed by atoms with Gasteiger partial charge in [-0.3, -0.25) is 14.6 Å². The molecule has 17 nitrogen and oxygen atoms in total. The number of thiazole rings is 1. The number of anilines is 3. The van der Waals surface area contributed by atoms with E-state index in [0.29, 0.717) is 71.8 Å². The van der Waals surface area contributed by atoms with Crippen LogP contribution in [0.3, 0.4) is 0 Å². The van der Waals surface area contributed by atoms with Gasteiger partial charge in [-0.2, -0.15) is 15.1 Å². The molecule has 61 heavy (non-hydrogen) atoms. The number of pyridine rings is 2. The van der Waals surface area contributed by atoms with Gasteiger partial charge in [0, 0.05) is 70.1 Å². The summed E-state index contributed by atoms with van der Waals surface area (Å²) in [6, 6.07) is 9.78. The Morgan fingerprint density at radius 1 is 0.984 bits per heavy atom. The molecular weight excluding hydrogens is 807 g/mol. The molecule has 0 aliphatic carbocycles. The van der Waals surface area contributed by atoms with Gasteiger partial charge in [0.1, 0.15) is 46.9 Å². The highest BCUT2D eigenvalue weighted by Crippen LogP contribution is 2.43. The third kappa shape index (κ3) is 6.06. The standard InChI is InChI=1S/C41H38F2N14O3S/c1-21-47-29-9-10-44-34-28-5-4-6-32(49-28)48-23-14-31(39(58)52(2)19-25(60-3)20-53(21)35(29)34)54(17-23)36-26-16-46-57(30-8-7-22(42)13-27(30)43)37(26)51-41(50-36)56-24-15-33(56)55(18-24)40(59)38-45-11-12-61-38/h4-13,16,23-25,31,33H,14-15,17-20H2,1-3H3,(H,48,49)/t23-,24?,25-,31-,33?/m0/s1. The van der Waals surface area contributed by atoms with Crippen molar-refractivity contribution in [1.82, 2.24) is 54.1 Å². The predicted molar refractivity (Wildman–Crippen MR) is 221 cm³/mol. The Labute approximate surface area is 350 Å². The molecule has 0 radical (unpaired) electrons. The Morgan fingerprint density at radius 3 is 2.69 bits per heavy atom. The van der Waals surface area contributed by atoms with Gasteiger partial charge in [0.05, 0.1) is 47.0 Å². The molecule has 6 bridgehead atoms. The van der Waals surface area contributed by atoms with Crippen LogP contribution in [-0.2, 0) is 16.1 Å². The number of fused-ring (bicyclic) bond motifs is 7. The van der Waals surface area contributed by atoms with Crippen molar-refractivity contribution in [2.45, 2.75) is 56.7 Å². The molecule has 1 aromatic carbocycles. The lowest BCUT2D eigenvalue weighted by atomic mass is 10.1. The van der Waals surface area contributed by atoms with E-state index in [4.69, 9.17) is 29.7 Å². The Balaban J connectivity index is 1.03. The highest BCUT2D eigenvalue weighted by molar-refractivity contribution is 7.11. The van der Waals surface area contributed by atoms with Crippen molar-refractivity contribution in [3.63, 3.8) is 0 Å². The number of nitrogens with zero attached hydrogens (tertiary/aromatic N) is 13. The number of carbonyl (C=O) groups excluding carboxylic acids is 2. The molecule has 0 spiro atoms. The molecule has 2 unspecified atom stereocenters. The number of aromatic nitrogens is 9. The molecule has 5 aliphatic rings. The van der Waals surface area contributed by atoms with Crippen LogP contribution in [0, 0.1) is 18.6 Å². The second-order valence-electron chi connectivity index (χ2n) is 15.8. The van der Waals surface area contributed by atoms with Crippen molar-refractivity contribution in [3.8, 4) is 17.1 Å². The summed E-state index contributed by atoms with van der Waals surface area (Å²) in [6.45, 7) is 3.38. The van der Waals surface area contributed by atoms with Gasteiger partial charge in [-0.15, -0.1) is 11.3 Å². The molecule has 5 atom stereocenters. The molecule has 11 heterocycles. The lowest BCUT2D eigenvalue weighted by Crippen LogP contribution is -2.54. The second kappa shape index (κ2) is 14.2. The maximum absolute atomic E-state index is 15.5. The molecule has 4 fully saturated rings. The van der Waals surface area contributed by atoms with Crippen molar-refractivity contribution < 1.29 is 23.1 Å². The van der Waals surface area contributed by atoms with Crippen LogP contribution in [0.25, 0.3) is 39.1 Å². The number of hydrogen-bond acceptors (Lipinski definition) is 14. The van der Waals surface area contributed by atoms with E-state index in [1.54, 1.807) is 47.9 Å². The van der Waals surface area contributed by atoms with Crippen molar-refractivity contribution in [3.05, 3.63) is 88.9 Å². The van der Waals surface area contributed by atoms with E-state index in [2.05, 4.69) is 20.0 Å². The van der Waals surface area contributed by atoms with E-state index in [9.17, 15) is 14.0 Å². The second-order valence-corrected chi connectivity index (χ2v) is 16.7. The zero-order chi connectivity index (χ0) is 41.7. The molecular formula is C41H38F2N14O3S. The summed E-state index contributed by atoms with van der Waals surface area (Å²) in [5.41, 5.74) is 3.21. The first-order chi connectivity index (χ1) is 29.6. The summed E-state index contributed by atoms with van der Waals surface area (Å²) < 4.78 is 39.0. The van der Waals surface area contributed by atoms with Gasteiger partial charge in [-0.25, -0.2) is 28.4 Å². The number of halogens is 2. The SMILES string of the molecule is CO[C@H]1CN(C)C(=O)[C@@H]2C[C@@H](CN2c2nc(N3C4CC3N(C(=O)c3nccs3)C4)nc3c2cnn3-c2ccc(F)cc2F)Nc2cccc(n2)-c2nccc3nc(C)n(c23)C1. The summed E-state index contributed by atoms with van der Waals surface area (Å²) in [5, 5.41) is 10.8. The molecule has 1 N–H and O–H groups in total. The summed E-state index contributed by atoms with van der Waals surface area (Å²) in [5.74, 6) is 0.198. The third-order valence-corrected chi connectivity index (χ3v) is 13.0. The van der Waals surface area contributed by atoms with Gasteiger partial charge in [0.15, 0.2) is 16.5 Å². The minimum atomic E-state index is -0.823. The van der Waals surface area contributed by atoms with E-state index in [1.165, 1.54) is 22.1 Å². The first-order valence-electron chi connectivity index (χ1n) is 19.9. The van der Waals surface area contributed by atoms with E-state index in [0.717, 1.165) is 29.0 Å². The van der Waals surface area contributed by atoms with Crippen molar-refractivity contribution >= 4 is 62.8 Å². The third-order valence-electron chi connectivity index (χ3n) is 12.2. The average molecular weight is 845 g/mol. The van der Waals surface area contributed by atoms with Crippen molar-refractivity contribution in [1.29, 1.82) is 0 Å². The molecule has 4 saturated heterocycles. The van der Waals surface area contributed by atoms with Crippen LogP contribution in [0.1, 0.15) is 28.5 Å². The normalized spacial score (nSPS) is 22.4. The van der Waals surface area contributed by atoms with E-state index < -0.39 is 23.8 Å². The van der Waals surface area contributed by atoms with E-state index >= 15 is 4.39 Å². The molecule has 7 aromatic rings. The maximum Gasteiger partial charge on any atom is 0.284 e. The number of likely N-dealkylation sites (N-methyl/N-ethyl adjacent to an activating group) is 1. The van der Waals surface area contributed by atoms with Crippen LogP contribution in [-0.4, -0.2) is 130 Å². The Bertz CT molecular complexity index is 2890. The molecule has 2 amide bonds. The van der Waals surface area contributed by atoms with Gasteiger partial charge in [0.2, 0.25) is 11.9 Å². The number of ether oxygens (including phenoxy) is 1. The Hall–Kier alpha value is -6.67. The minimum absolute atomic E-state index is 0.00745. The van der Waals surface area contributed by atoms with Crippen LogP contribution in [0.5, 0.6) is 0 Å². The van der Waals surface area contributed by atoms with Gasteiger partial charge < -0.3 is 34.2 Å². The lowest BCUT2D eigenvalue weighted by Gasteiger charge is -2.41. The topological polar surface area (TPSA) is 168 Å². The summed E-state index contributed by atoms with van der Waals surface area (Å²) in [7, 11) is 3.40. The Morgan fingerprint density at radius 2 is 1.87 bits per heavy atom. The predicted octanol–water partition coefficient (Wildman–Crippen LogP) is 4.27. The van der Waals surface area contributed by atoms with Gasteiger partial charge in [-0.1, -0.05) is 6.07 Å². The van der Waals surface area contributed by atoms with Gasteiger partial charge in [0.25, 0.3) is 5.91 Å². The number of rotatable bonds is 5. The van der Waals surface area contributed by atoms with Crippen molar-refractivity contribution in [2.24, 2.45) is 0 Å². The highest BCUT2D eigenvalue weighted by Gasteiger charge is 2.54. The minimum Gasteiger partial charge on any atom is -0.378 e. The van der Waals surface area contributed by atoms with Crippen LogP contribution in [0.4, 0.5) is 26.4 Å². The van der Waals surface area contributed by atoms with Crippen LogP contribution < -0.4 is 15.1 Å². The molecule has 310 valence electrons. The maximum atomic E-state index is 15.5. The Kier molecular flexibility index (Phi) is 8.71. The lowest BCUT2D eigenvalue weighted by molar-refractivity contribution is -0.132. The summed E-state index contributed by atoms with van der Waals surface area (Å²) in [4.78, 5) is 64.9. The molecule has 5 aliphatic heterocycles. The van der Waals surface area contributed by atoms with E-state index in [1.807, 2.05) is 41.0 Å². The number of aryl methyl sites for hydroxylation is 1. The van der Waals surface area contributed by atoms with Crippen LogP contribution in [0.2, 0.25) is 0 Å². The van der Waals surface area contributed by atoms with Crippen LogP contribution in [0.15, 0.2) is 66.4 Å². The quantitative estimate of drug-likeness (QED) is 0.261. The highest BCUT2D eigenvalue weighted by atomic mass is 32.1. The average Bonchev–Trinajstić information content (AvgIpc) is 4.12. The van der Waals surface area contributed by atoms with Gasteiger partial charge >= 0.3 is 0 Å². The number of nitrogens with one attached hydrogen (secondary N) is 1. The van der Waals surface area contributed by atoms with Crippen LogP contribution >= 0.6 is 11.3 Å². The number of hydrogen-bond donors (Lipinski definition) is 1. The first kappa shape index (κ1) is 37.3. The molecule has 12 rings (SSSR count). The summed E-state index contributed by atoms with van der Waals surface area (Å²) in [6.07, 6.45) is 5.22. The molecule has 0 saturated carbocycles. The smallest absolute Gasteiger partial charge is 0.284 e. The number of benzene rings is 1. The zero-order valence-corrected chi connectivity index (χ0v) is 34.0. The fourth-order valence-electron chi connectivity index (χ4n) is 9.31. The van der Waals surface area contributed by atoms with Gasteiger partial charge in [-0.05, 0) is 43.7 Å². The number of imidazole rings is 1. The fourth-order valence-corrected chi connectivity index (χ4v) is 9.90. The number of methoxy groups -OCH3 is 1. The monoisotopic (exact) mass is 844 g/mol. The first-order valence-corrected chi connectivity index (χ1v) is 20.8. The number of amides is 2. The van der Waals surface area contributed by atoms with E-state index in [-0.39, 0.29) is 47.9 Å². The molecule has 20 heteroatoms. The largest absolute Gasteiger partial charge is 0.378 e. The number of carbonyl (C=O) groups is 2. The fraction of sp³-hybridized carbons (Fsp3) is 0.341. The summed E-state index contributed by atoms with van der Waals surface area (Å²) >= 11 is 1.28. The zero-order valence-electron chi connectivity index (χ0n) is 33.2. The molecule has 6 aromatic heterocycles.